The fraction of sp³-hybridized carbons (Fsp3) is 1.00. The SMILES string of the molecule is CCCCCCCCC(CCCCC(O)CC)S(=O)(=O)[O-].[K+]. The summed E-state index contributed by atoms with van der Waals surface area (Å²) in [6.45, 7) is 4.09. The molecule has 0 aliphatic heterocycles. The van der Waals surface area contributed by atoms with Crippen molar-refractivity contribution in [3.8, 4) is 0 Å². The van der Waals surface area contributed by atoms with Gasteiger partial charge in [0.1, 0.15) is 0 Å². The van der Waals surface area contributed by atoms with Crippen LogP contribution in [0.4, 0.5) is 0 Å². The average Bonchev–Trinajstić information content (AvgIpc) is 2.43. The third-order valence-electron chi connectivity index (χ3n) is 4.07. The van der Waals surface area contributed by atoms with E-state index in [1.165, 1.54) is 19.3 Å². The quantitative estimate of drug-likeness (QED) is 0.285. The molecule has 128 valence electrons. The molecule has 0 rings (SSSR count). The van der Waals surface area contributed by atoms with Gasteiger partial charge in [0.25, 0.3) is 0 Å². The van der Waals surface area contributed by atoms with Crippen molar-refractivity contribution in [1.82, 2.24) is 0 Å². The Morgan fingerprint density at radius 3 is 1.82 bits per heavy atom. The van der Waals surface area contributed by atoms with Crippen LogP contribution >= 0.6 is 0 Å². The Morgan fingerprint density at radius 1 is 0.864 bits per heavy atom. The molecule has 0 aliphatic carbocycles. The van der Waals surface area contributed by atoms with Gasteiger partial charge in [0.15, 0.2) is 0 Å². The maximum atomic E-state index is 11.3. The van der Waals surface area contributed by atoms with Crippen LogP contribution in [0.2, 0.25) is 0 Å². The first-order valence-electron chi connectivity index (χ1n) is 8.54. The van der Waals surface area contributed by atoms with Gasteiger partial charge in [-0.3, -0.25) is 0 Å². The zero-order valence-electron chi connectivity index (χ0n) is 14.7. The second kappa shape index (κ2) is 16.0. The molecule has 0 fully saturated rings. The van der Waals surface area contributed by atoms with Crippen molar-refractivity contribution in [2.45, 2.75) is 102 Å². The minimum atomic E-state index is -4.18. The van der Waals surface area contributed by atoms with Crippen LogP contribution in [-0.4, -0.2) is 29.4 Å². The molecule has 0 aromatic carbocycles. The first-order valence-corrected chi connectivity index (χ1v) is 10.0. The first kappa shape index (κ1) is 25.7. The van der Waals surface area contributed by atoms with E-state index >= 15 is 0 Å². The Bertz CT molecular complexity index is 333. The second-order valence-electron chi connectivity index (χ2n) is 6.02. The second-order valence-corrected chi connectivity index (χ2v) is 7.67. The van der Waals surface area contributed by atoms with Gasteiger partial charge in [0, 0.05) is 5.25 Å². The molecule has 6 heteroatoms. The van der Waals surface area contributed by atoms with E-state index < -0.39 is 15.4 Å². The van der Waals surface area contributed by atoms with E-state index in [-0.39, 0.29) is 57.5 Å². The summed E-state index contributed by atoms with van der Waals surface area (Å²) in [6.07, 6.45) is 10.1. The molecule has 0 heterocycles. The minimum Gasteiger partial charge on any atom is -0.748 e. The van der Waals surface area contributed by atoms with Crippen LogP contribution < -0.4 is 51.4 Å². The Labute approximate surface area is 180 Å². The third-order valence-corrected chi connectivity index (χ3v) is 5.36. The van der Waals surface area contributed by atoms with Gasteiger partial charge in [-0.05, 0) is 25.7 Å². The fourth-order valence-electron chi connectivity index (χ4n) is 2.54. The molecule has 22 heavy (non-hydrogen) atoms. The average molecular weight is 361 g/mol. The Morgan fingerprint density at radius 2 is 1.32 bits per heavy atom. The van der Waals surface area contributed by atoms with Gasteiger partial charge in [-0.2, -0.15) is 0 Å². The minimum absolute atomic E-state index is 0. The zero-order chi connectivity index (χ0) is 16.1. The van der Waals surface area contributed by atoms with Crippen LogP contribution in [-0.2, 0) is 10.1 Å². The van der Waals surface area contributed by atoms with Crippen molar-refractivity contribution >= 4 is 10.1 Å². The topological polar surface area (TPSA) is 77.4 Å². The predicted molar refractivity (Wildman–Crippen MR) is 86.2 cm³/mol. The van der Waals surface area contributed by atoms with Gasteiger partial charge in [0.05, 0.1) is 16.2 Å². The number of aliphatic hydroxyl groups excluding tert-OH is 1. The van der Waals surface area contributed by atoms with Crippen LogP contribution in [0.25, 0.3) is 0 Å². The molecule has 0 aliphatic rings. The van der Waals surface area contributed by atoms with Crippen molar-refractivity contribution in [2.75, 3.05) is 0 Å². The first-order chi connectivity index (χ1) is 9.91. The maximum Gasteiger partial charge on any atom is 1.00 e. The summed E-state index contributed by atoms with van der Waals surface area (Å²) < 4.78 is 33.8. The van der Waals surface area contributed by atoms with E-state index in [1.54, 1.807) is 0 Å². The number of hydrogen-bond donors (Lipinski definition) is 1. The van der Waals surface area contributed by atoms with Crippen LogP contribution in [0.1, 0.15) is 90.9 Å². The fourth-order valence-corrected chi connectivity index (χ4v) is 3.45. The maximum absolute atomic E-state index is 11.3. The molecule has 0 saturated heterocycles. The molecule has 1 N–H and O–H groups in total. The molecule has 4 nitrogen and oxygen atoms in total. The van der Waals surface area contributed by atoms with Crippen LogP contribution in [0, 0.1) is 0 Å². The summed E-state index contributed by atoms with van der Waals surface area (Å²) in [6, 6.07) is 0. The smallest absolute Gasteiger partial charge is 0.748 e. The monoisotopic (exact) mass is 360 g/mol. The van der Waals surface area contributed by atoms with Crippen LogP contribution in [0.5, 0.6) is 0 Å². The number of hydrogen-bond acceptors (Lipinski definition) is 4. The summed E-state index contributed by atoms with van der Waals surface area (Å²) >= 11 is 0. The molecule has 2 atom stereocenters. The molecular weight excluding hydrogens is 327 g/mol. The van der Waals surface area contributed by atoms with Crippen molar-refractivity contribution < 1.29 is 69.5 Å². The van der Waals surface area contributed by atoms with Gasteiger partial charge >= 0.3 is 51.4 Å². The van der Waals surface area contributed by atoms with E-state index in [0.717, 1.165) is 32.1 Å². The third kappa shape index (κ3) is 15.1. The zero-order valence-corrected chi connectivity index (χ0v) is 18.7. The summed E-state index contributed by atoms with van der Waals surface area (Å²) in [7, 11) is -4.18. The van der Waals surface area contributed by atoms with E-state index in [2.05, 4.69) is 6.92 Å². The van der Waals surface area contributed by atoms with Gasteiger partial charge in [-0.25, -0.2) is 8.42 Å². The summed E-state index contributed by atoms with van der Waals surface area (Å²) in [5.41, 5.74) is 0. The summed E-state index contributed by atoms with van der Waals surface area (Å²) in [5.74, 6) is 0. The van der Waals surface area contributed by atoms with Crippen molar-refractivity contribution in [3.05, 3.63) is 0 Å². The molecule has 0 saturated carbocycles. The molecule has 2 unspecified atom stereocenters. The predicted octanol–water partition coefficient (Wildman–Crippen LogP) is 0.986. The Hall–Kier alpha value is 1.51. The van der Waals surface area contributed by atoms with Gasteiger partial charge in [0.2, 0.25) is 0 Å². The summed E-state index contributed by atoms with van der Waals surface area (Å²) in [5, 5.41) is 8.71. The van der Waals surface area contributed by atoms with E-state index in [4.69, 9.17) is 0 Å². The van der Waals surface area contributed by atoms with Crippen molar-refractivity contribution in [3.63, 3.8) is 0 Å². The number of rotatable bonds is 14. The normalized spacial score (nSPS) is 14.4. The number of aliphatic hydroxyl groups is 1. The Kier molecular flexibility index (Phi) is 18.7. The van der Waals surface area contributed by atoms with Crippen LogP contribution in [0.3, 0.4) is 0 Å². The van der Waals surface area contributed by atoms with E-state index in [9.17, 15) is 18.1 Å². The number of unbranched alkanes of at least 4 members (excludes halogenated alkanes) is 6. The molecule has 0 spiro atoms. The van der Waals surface area contributed by atoms with Gasteiger partial charge < -0.3 is 9.66 Å². The molecular formula is C16H33KO4S. The molecule has 0 aromatic heterocycles. The largest absolute Gasteiger partial charge is 1.00 e. The van der Waals surface area contributed by atoms with Crippen molar-refractivity contribution in [2.24, 2.45) is 0 Å². The van der Waals surface area contributed by atoms with E-state index in [1.807, 2.05) is 6.92 Å². The standard InChI is InChI=1S/C16H34O4S.K/c1-3-5-6-7-8-9-13-16(21(18,19)20)14-11-10-12-15(17)4-2;/h15-17H,3-14H2,1-2H3,(H,18,19,20);/q;+1/p-1. The Balaban J connectivity index is 0. The van der Waals surface area contributed by atoms with E-state index in [0.29, 0.717) is 25.7 Å². The molecule has 0 bridgehead atoms. The summed E-state index contributed by atoms with van der Waals surface area (Å²) in [4.78, 5) is 0. The van der Waals surface area contributed by atoms with Gasteiger partial charge in [-0.15, -0.1) is 0 Å². The van der Waals surface area contributed by atoms with Gasteiger partial charge in [-0.1, -0.05) is 65.2 Å². The molecule has 0 radical (unpaired) electrons. The van der Waals surface area contributed by atoms with Crippen LogP contribution in [0.15, 0.2) is 0 Å². The molecule has 0 aromatic rings. The van der Waals surface area contributed by atoms with Crippen molar-refractivity contribution in [1.29, 1.82) is 0 Å². The molecule has 0 amide bonds.